The second kappa shape index (κ2) is 8.40. The van der Waals surface area contributed by atoms with Gasteiger partial charge in [-0.05, 0) is 37.5 Å². The number of fused-ring (bicyclic) bond motifs is 1. The lowest BCUT2D eigenvalue weighted by atomic mass is 9.92. The second-order valence-electron chi connectivity index (χ2n) is 8.09. The highest BCUT2D eigenvalue weighted by molar-refractivity contribution is 6.04. The van der Waals surface area contributed by atoms with Crippen LogP contribution < -0.4 is 26.8 Å². The number of nitrogens with zero attached hydrogens (tertiary/aromatic N) is 2. The average molecular weight is 442 g/mol. The lowest BCUT2D eigenvalue weighted by molar-refractivity contribution is -0.123. The minimum Gasteiger partial charge on any atom is -0.369 e. The molecule has 3 heterocycles. The SMILES string of the molecule is Cc1ccc(NC(=O)[C@@H]2CC(=O)Nc3nc(N4CCC(C(N)=O)CC4)[nH]c(=O)c32)c(F)c1. The summed E-state index contributed by atoms with van der Waals surface area (Å²) in [4.78, 5) is 58.2. The molecule has 1 aromatic heterocycles. The Bertz CT molecular complexity index is 1160. The van der Waals surface area contributed by atoms with E-state index in [2.05, 4.69) is 20.6 Å². The molecule has 5 N–H and O–H groups in total. The van der Waals surface area contributed by atoms with E-state index in [9.17, 15) is 23.6 Å². The molecular weight excluding hydrogens is 419 g/mol. The van der Waals surface area contributed by atoms with Gasteiger partial charge >= 0.3 is 0 Å². The molecule has 2 aliphatic rings. The summed E-state index contributed by atoms with van der Waals surface area (Å²) >= 11 is 0. The molecule has 0 unspecified atom stereocenters. The summed E-state index contributed by atoms with van der Waals surface area (Å²) in [6.45, 7) is 2.63. The van der Waals surface area contributed by atoms with Crippen molar-refractivity contribution in [1.82, 2.24) is 9.97 Å². The van der Waals surface area contributed by atoms with E-state index >= 15 is 0 Å². The maximum atomic E-state index is 14.2. The van der Waals surface area contributed by atoms with Crippen LogP contribution in [0.4, 0.5) is 21.8 Å². The van der Waals surface area contributed by atoms with E-state index in [1.165, 1.54) is 12.1 Å². The first-order chi connectivity index (χ1) is 15.2. The molecule has 168 valence electrons. The number of aryl methyl sites for hydroxylation is 1. The van der Waals surface area contributed by atoms with Crippen molar-refractivity contribution in [2.24, 2.45) is 11.7 Å². The van der Waals surface area contributed by atoms with E-state index in [0.29, 0.717) is 31.5 Å². The summed E-state index contributed by atoms with van der Waals surface area (Å²) in [6.07, 6.45) is 0.783. The molecule has 2 aliphatic heterocycles. The second-order valence-corrected chi connectivity index (χ2v) is 8.09. The molecule has 0 radical (unpaired) electrons. The van der Waals surface area contributed by atoms with Gasteiger partial charge in [-0.3, -0.25) is 24.2 Å². The third kappa shape index (κ3) is 4.18. The predicted octanol–water partition coefficient (Wildman–Crippen LogP) is 0.984. The number of piperidine rings is 1. The van der Waals surface area contributed by atoms with E-state index in [0.717, 1.165) is 0 Å². The Balaban J connectivity index is 1.60. The van der Waals surface area contributed by atoms with Crippen LogP contribution in [0, 0.1) is 18.7 Å². The fraction of sp³-hybridized carbons (Fsp3) is 0.381. The fourth-order valence-electron chi connectivity index (χ4n) is 4.05. The van der Waals surface area contributed by atoms with Crippen LogP contribution in [0.1, 0.15) is 36.3 Å². The molecule has 0 spiro atoms. The molecule has 2 aromatic rings. The molecule has 0 saturated carbocycles. The van der Waals surface area contributed by atoms with Gasteiger partial charge < -0.3 is 21.3 Å². The van der Waals surface area contributed by atoms with Crippen LogP contribution in [0.5, 0.6) is 0 Å². The molecule has 32 heavy (non-hydrogen) atoms. The van der Waals surface area contributed by atoms with Gasteiger partial charge in [0.1, 0.15) is 11.6 Å². The number of rotatable bonds is 4. The largest absolute Gasteiger partial charge is 0.369 e. The Labute approximate surface area is 182 Å². The van der Waals surface area contributed by atoms with Crippen LogP contribution in [0.15, 0.2) is 23.0 Å². The van der Waals surface area contributed by atoms with Crippen LogP contribution >= 0.6 is 0 Å². The van der Waals surface area contributed by atoms with Crippen molar-refractivity contribution in [1.29, 1.82) is 0 Å². The molecule has 10 nitrogen and oxygen atoms in total. The monoisotopic (exact) mass is 442 g/mol. The highest BCUT2D eigenvalue weighted by Gasteiger charge is 2.36. The van der Waals surface area contributed by atoms with Crippen molar-refractivity contribution in [3.05, 3.63) is 45.5 Å². The maximum Gasteiger partial charge on any atom is 0.258 e. The van der Waals surface area contributed by atoms with Crippen LogP contribution in [-0.2, 0) is 14.4 Å². The number of halogens is 1. The smallest absolute Gasteiger partial charge is 0.258 e. The van der Waals surface area contributed by atoms with Gasteiger partial charge in [0, 0.05) is 25.4 Å². The lowest BCUT2D eigenvalue weighted by Gasteiger charge is -2.32. The molecule has 0 aliphatic carbocycles. The average Bonchev–Trinajstić information content (AvgIpc) is 2.74. The van der Waals surface area contributed by atoms with Crippen LogP contribution in [0.25, 0.3) is 0 Å². The zero-order chi connectivity index (χ0) is 23.0. The summed E-state index contributed by atoms with van der Waals surface area (Å²) < 4.78 is 14.2. The van der Waals surface area contributed by atoms with Crippen molar-refractivity contribution >= 4 is 35.2 Å². The molecule has 1 atom stereocenters. The summed E-state index contributed by atoms with van der Waals surface area (Å²) in [7, 11) is 0. The lowest BCUT2D eigenvalue weighted by Crippen LogP contribution is -2.41. The summed E-state index contributed by atoms with van der Waals surface area (Å²) in [5.74, 6) is -3.23. The van der Waals surface area contributed by atoms with Gasteiger partial charge in [-0.15, -0.1) is 0 Å². The zero-order valence-electron chi connectivity index (χ0n) is 17.4. The van der Waals surface area contributed by atoms with Gasteiger partial charge in [0.25, 0.3) is 5.56 Å². The summed E-state index contributed by atoms with van der Waals surface area (Å²) in [5.41, 5.74) is 5.47. The number of H-pyrrole nitrogens is 1. The topological polar surface area (TPSA) is 150 Å². The Hall–Kier alpha value is -3.76. The number of aromatic nitrogens is 2. The molecule has 3 amide bonds. The van der Waals surface area contributed by atoms with Crippen molar-refractivity contribution < 1.29 is 18.8 Å². The van der Waals surface area contributed by atoms with Gasteiger partial charge in [0.2, 0.25) is 23.7 Å². The zero-order valence-corrected chi connectivity index (χ0v) is 17.4. The van der Waals surface area contributed by atoms with Gasteiger partial charge in [0.05, 0.1) is 17.2 Å². The standard InChI is InChI=1S/C21H23FN6O4/c1-10-2-3-14(13(22)8-10)24-19(31)12-9-15(29)25-18-16(12)20(32)27-21(26-18)28-6-4-11(5-7-28)17(23)30/h2-3,8,11-12H,4-7,9H2,1H3,(H2,23,30)(H,24,31)(H2,25,26,27,29,32)/t12-/m1/s1. The van der Waals surface area contributed by atoms with Gasteiger partial charge in [-0.25, -0.2) is 4.39 Å². The predicted molar refractivity (Wildman–Crippen MR) is 115 cm³/mol. The van der Waals surface area contributed by atoms with Crippen LogP contribution in [-0.4, -0.2) is 40.8 Å². The number of aromatic amines is 1. The van der Waals surface area contributed by atoms with E-state index < -0.39 is 29.1 Å². The Kier molecular flexibility index (Phi) is 5.64. The molecule has 1 saturated heterocycles. The first-order valence-corrected chi connectivity index (χ1v) is 10.3. The highest BCUT2D eigenvalue weighted by atomic mass is 19.1. The maximum absolute atomic E-state index is 14.2. The van der Waals surface area contributed by atoms with Crippen LogP contribution in [0.3, 0.4) is 0 Å². The van der Waals surface area contributed by atoms with Gasteiger partial charge in [0.15, 0.2) is 0 Å². The normalized spacial score (nSPS) is 18.6. The molecule has 0 bridgehead atoms. The number of carbonyl (C=O) groups is 3. The number of hydrogen-bond donors (Lipinski definition) is 4. The Morgan fingerprint density at radius 1 is 1.25 bits per heavy atom. The number of hydrogen-bond acceptors (Lipinski definition) is 6. The Morgan fingerprint density at radius 2 is 1.97 bits per heavy atom. The van der Waals surface area contributed by atoms with Crippen molar-refractivity contribution in [3.63, 3.8) is 0 Å². The summed E-state index contributed by atoms with van der Waals surface area (Å²) in [5, 5.41) is 5.01. The van der Waals surface area contributed by atoms with E-state index in [4.69, 9.17) is 5.73 Å². The number of primary amides is 1. The van der Waals surface area contributed by atoms with Crippen molar-refractivity contribution in [2.75, 3.05) is 28.6 Å². The minimum absolute atomic E-state index is 0.00144. The summed E-state index contributed by atoms with van der Waals surface area (Å²) in [6, 6.07) is 4.34. The van der Waals surface area contributed by atoms with Crippen LogP contribution in [0.2, 0.25) is 0 Å². The molecule has 1 fully saturated rings. The van der Waals surface area contributed by atoms with Gasteiger partial charge in [-0.1, -0.05) is 6.07 Å². The molecule has 1 aromatic carbocycles. The van der Waals surface area contributed by atoms with Crippen molar-refractivity contribution in [2.45, 2.75) is 32.1 Å². The quantitative estimate of drug-likeness (QED) is 0.554. The number of nitrogens with two attached hydrogens (primary N) is 1. The fourth-order valence-corrected chi connectivity index (χ4v) is 4.05. The first-order valence-electron chi connectivity index (χ1n) is 10.3. The Morgan fingerprint density at radius 3 is 2.62 bits per heavy atom. The molecule has 4 rings (SSSR count). The van der Waals surface area contributed by atoms with E-state index in [-0.39, 0.29) is 41.3 Å². The van der Waals surface area contributed by atoms with Crippen molar-refractivity contribution in [3.8, 4) is 0 Å². The van der Waals surface area contributed by atoms with E-state index in [1.807, 2.05) is 0 Å². The number of anilines is 3. The third-order valence-electron chi connectivity index (χ3n) is 5.83. The number of amides is 3. The molecule has 11 heteroatoms. The minimum atomic E-state index is -1.12. The number of carbonyl (C=O) groups excluding carboxylic acids is 3. The first kappa shape index (κ1) is 21.5. The number of nitrogens with one attached hydrogen (secondary N) is 3. The molecular formula is C21H23FN6O4. The van der Waals surface area contributed by atoms with Gasteiger partial charge in [-0.2, -0.15) is 4.98 Å². The third-order valence-corrected chi connectivity index (χ3v) is 5.83. The van der Waals surface area contributed by atoms with E-state index in [1.54, 1.807) is 17.9 Å². The highest BCUT2D eigenvalue weighted by Crippen LogP contribution is 2.31. The number of benzene rings is 1.